The predicted molar refractivity (Wildman–Crippen MR) is 203 cm³/mol. The molecule has 0 amide bonds. The first-order chi connectivity index (χ1) is 22.6. The number of para-hydroxylation sites is 4. The number of aryl methyl sites for hydroxylation is 2. The number of fused-ring (bicyclic) bond motifs is 14. The first-order valence-electron chi connectivity index (χ1n) is 15.2. The van der Waals surface area contributed by atoms with Crippen molar-refractivity contribution in [1.29, 1.82) is 0 Å². The number of furan rings is 2. The summed E-state index contributed by atoms with van der Waals surface area (Å²) in [5.41, 5.74) is 7.52. The van der Waals surface area contributed by atoms with E-state index in [0.29, 0.717) is 0 Å². The van der Waals surface area contributed by atoms with Gasteiger partial charge in [0.1, 0.15) is 22.3 Å². The summed E-state index contributed by atoms with van der Waals surface area (Å²) in [7, 11) is 0. The molecule has 0 unspecified atom stereocenters. The molecule has 0 spiro atoms. The van der Waals surface area contributed by atoms with Crippen LogP contribution in [0.25, 0.3) is 104 Å². The molecule has 11 rings (SSSR count). The van der Waals surface area contributed by atoms with Crippen molar-refractivity contribution in [3.63, 3.8) is 0 Å². The second-order valence-corrected chi connectivity index (χ2v) is 16.4. The number of hydrogen-bond acceptors (Lipinski definition) is 6. The standard InChI is InChI=1S/C40H22O2S4/c1-19-20(2)43-40-33-27-17-31(25-13-7-11-23-21-9-3-5-15-29(21)41-34(23)25)44-38(27)39-28(37(33)46-36(19)40)18-32(45-39)26-14-8-12-24-22-10-4-6-16-30(22)42-35(24)26/h3-18H,1-2H3. The molecule has 0 atom stereocenters. The van der Waals surface area contributed by atoms with Crippen molar-refractivity contribution >= 4 is 129 Å². The first kappa shape index (κ1) is 25.7. The Balaban J connectivity index is 1.25. The van der Waals surface area contributed by atoms with Crippen LogP contribution in [-0.4, -0.2) is 0 Å². The molecule has 2 nitrogen and oxygen atoms in total. The van der Waals surface area contributed by atoms with Gasteiger partial charge in [-0.1, -0.05) is 60.7 Å². The molecule has 0 radical (unpaired) electrons. The van der Waals surface area contributed by atoms with E-state index in [0.717, 1.165) is 44.2 Å². The van der Waals surface area contributed by atoms with Gasteiger partial charge in [0.15, 0.2) is 0 Å². The van der Waals surface area contributed by atoms with Crippen molar-refractivity contribution in [3.05, 3.63) is 108 Å². The lowest BCUT2D eigenvalue weighted by Gasteiger charge is -1.98. The SMILES string of the molecule is Cc1sc2c(sc3c4cc(-c5cccc6c5oc5ccccc56)sc4c4sc(-c5cccc6c5oc5ccccc56)cc4c23)c1C. The Hall–Kier alpha value is -4.46. The number of hydrogen-bond donors (Lipinski definition) is 0. The smallest absolute Gasteiger partial charge is 0.144 e. The lowest BCUT2D eigenvalue weighted by molar-refractivity contribution is 0.670. The highest BCUT2D eigenvalue weighted by molar-refractivity contribution is 7.36. The summed E-state index contributed by atoms with van der Waals surface area (Å²) in [6.45, 7) is 4.53. The number of rotatable bonds is 2. The van der Waals surface area contributed by atoms with Crippen LogP contribution in [0.2, 0.25) is 0 Å². The van der Waals surface area contributed by atoms with Crippen LogP contribution in [0.5, 0.6) is 0 Å². The van der Waals surface area contributed by atoms with Gasteiger partial charge < -0.3 is 8.83 Å². The second kappa shape index (κ2) is 9.08. The molecule has 6 heteroatoms. The molecule has 0 saturated heterocycles. The van der Waals surface area contributed by atoms with E-state index in [1.165, 1.54) is 70.6 Å². The zero-order valence-corrected chi connectivity index (χ0v) is 28.0. The van der Waals surface area contributed by atoms with E-state index in [1.54, 1.807) is 0 Å². The van der Waals surface area contributed by atoms with Crippen molar-refractivity contribution in [3.8, 4) is 20.9 Å². The molecule has 6 aromatic heterocycles. The maximum atomic E-state index is 6.51. The Morgan fingerprint density at radius 3 is 1.61 bits per heavy atom. The fraction of sp³-hybridized carbons (Fsp3) is 0.0500. The van der Waals surface area contributed by atoms with Crippen molar-refractivity contribution in [2.45, 2.75) is 13.8 Å². The Kier molecular flexibility index (Phi) is 5.07. The number of thiophene rings is 4. The summed E-state index contributed by atoms with van der Waals surface area (Å²) >= 11 is 7.69. The van der Waals surface area contributed by atoms with E-state index < -0.39 is 0 Å². The molecular weight excluding hydrogens is 641 g/mol. The highest BCUT2D eigenvalue weighted by atomic mass is 32.1. The van der Waals surface area contributed by atoms with Gasteiger partial charge in [0.05, 0.1) is 14.1 Å². The van der Waals surface area contributed by atoms with E-state index in [4.69, 9.17) is 8.83 Å². The van der Waals surface area contributed by atoms with Crippen LogP contribution >= 0.6 is 45.3 Å². The summed E-state index contributed by atoms with van der Waals surface area (Å²) in [5, 5.41) is 8.75. The third kappa shape index (κ3) is 3.29. The largest absolute Gasteiger partial charge is 0.455 e. The van der Waals surface area contributed by atoms with Crippen LogP contribution in [0, 0.1) is 13.8 Å². The monoisotopic (exact) mass is 662 g/mol. The van der Waals surface area contributed by atoms with Crippen LogP contribution in [0.1, 0.15) is 10.4 Å². The van der Waals surface area contributed by atoms with Gasteiger partial charge >= 0.3 is 0 Å². The molecule has 0 saturated carbocycles. The zero-order valence-electron chi connectivity index (χ0n) is 24.7. The summed E-state index contributed by atoms with van der Waals surface area (Å²) < 4.78 is 19.9. The highest BCUT2D eigenvalue weighted by Crippen LogP contribution is 2.54. The average Bonchev–Trinajstić information content (AvgIpc) is 3.92. The van der Waals surface area contributed by atoms with E-state index in [1.807, 2.05) is 57.5 Å². The Morgan fingerprint density at radius 2 is 0.978 bits per heavy atom. The molecule has 6 heterocycles. The van der Waals surface area contributed by atoms with Gasteiger partial charge in [-0.25, -0.2) is 0 Å². The maximum Gasteiger partial charge on any atom is 0.144 e. The second-order valence-electron chi connectivity index (χ2n) is 12.0. The van der Waals surface area contributed by atoms with Crippen LogP contribution in [-0.2, 0) is 0 Å². The molecule has 0 aliphatic rings. The molecule has 0 bridgehead atoms. The Morgan fingerprint density at radius 1 is 0.435 bits per heavy atom. The molecule has 0 N–H and O–H groups in total. The minimum atomic E-state index is 0.933. The Bertz CT molecular complexity index is 3060. The van der Waals surface area contributed by atoms with Gasteiger partial charge in [-0.05, 0) is 55.8 Å². The van der Waals surface area contributed by atoms with E-state index in [2.05, 4.69) is 98.8 Å². The lowest BCUT2D eigenvalue weighted by atomic mass is 10.1. The Labute approximate surface area is 278 Å². The quantitative estimate of drug-likeness (QED) is 0.184. The van der Waals surface area contributed by atoms with Crippen LogP contribution in [0.3, 0.4) is 0 Å². The van der Waals surface area contributed by atoms with E-state index in [9.17, 15) is 0 Å². The van der Waals surface area contributed by atoms with Crippen molar-refractivity contribution in [2.75, 3.05) is 0 Å². The van der Waals surface area contributed by atoms with Crippen molar-refractivity contribution < 1.29 is 8.83 Å². The molecule has 5 aromatic carbocycles. The summed E-state index contributed by atoms with van der Waals surface area (Å²) in [4.78, 5) is 3.89. The van der Waals surface area contributed by atoms with Gasteiger partial charge in [-0.3, -0.25) is 0 Å². The van der Waals surface area contributed by atoms with Crippen LogP contribution in [0.15, 0.2) is 106 Å². The first-order valence-corrected chi connectivity index (χ1v) is 18.5. The molecule has 218 valence electrons. The van der Waals surface area contributed by atoms with Gasteiger partial charge in [0, 0.05) is 72.9 Å². The third-order valence-electron chi connectivity index (χ3n) is 9.51. The van der Waals surface area contributed by atoms with E-state index >= 15 is 0 Å². The predicted octanol–water partition coefficient (Wildman–Crippen LogP) is 14.3. The average molecular weight is 663 g/mol. The molecule has 0 fully saturated rings. The van der Waals surface area contributed by atoms with Gasteiger partial charge in [0.2, 0.25) is 0 Å². The van der Waals surface area contributed by atoms with Gasteiger partial charge in [-0.2, -0.15) is 0 Å². The molecule has 0 aliphatic heterocycles. The maximum absolute atomic E-state index is 6.51. The van der Waals surface area contributed by atoms with Gasteiger partial charge in [0.25, 0.3) is 0 Å². The topological polar surface area (TPSA) is 26.3 Å². The summed E-state index contributed by atoms with van der Waals surface area (Å²) in [5.74, 6) is 0. The fourth-order valence-electron chi connectivity index (χ4n) is 7.21. The normalized spacial score (nSPS) is 12.6. The molecular formula is C40H22O2S4. The molecule has 46 heavy (non-hydrogen) atoms. The minimum Gasteiger partial charge on any atom is -0.455 e. The van der Waals surface area contributed by atoms with Crippen molar-refractivity contribution in [2.24, 2.45) is 0 Å². The lowest BCUT2D eigenvalue weighted by Crippen LogP contribution is -1.73. The molecule has 0 aliphatic carbocycles. The zero-order chi connectivity index (χ0) is 30.3. The van der Waals surface area contributed by atoms with Crippen molar-refractivity contribution in [1.82, 2.24) is 0 Å². The number of benzene rings is 5. The molecule has 11 aromatic rings. The minimum absolute atomic E-state index is 0.933. The van der Waals surface area contributed by atoms with Crippen LogP contribution < -0.4 is 0 Å². The third-order valence-corrected chi connectivity index (χ3v) is 14.7. The van der Waals surface area contributed by atoms with E-state index in [-0.39, 0.29) is 0 Å². The highest BCUT2D eigenvalue weighted by Gasteiger charge is 2.24. The van der Waals surface area contributed by atoms with Crippen LogP contribution in [0.4, 0.5) is 0 Å². The summed E-state index contributed by atoms with van der Waals surface area (Å²) in [6.07, 6.45) is 0. The van der Waals surface area contributed by atoms with Gasteiger partial charge in [-0.15, -0.1) is 45.3 Å². The summed E-state index contributed by atoms with van der Waals surface area (Å²) in [6, 6.07) is 34.7. The fourth-order valence-corrected chi connectivity index (χ4v) is 12.6.